The summed E-state index contributed by atoms with van der Waals surface area (Å²) < 4.78 is 0. The maximum atomic E-state index is 6.23. The average molecular weight is 270 g/mol. The Labute approximate surface area is 118 Å². The molecule has 0 amide bonds. The van der Waals surface area contributed by atoms with E-state index in [9.17, 15) is 0 Å². The van der Waals surface area contributed by atoms with Gasteiger partial charge in [-0.1, -0.05) is 41.9 Å². The molecule has 2 aromatic rings. The van der Waals surface area contributed by atoms with E-state index in [1.54, 1.807) is 0 Å². The lowest BCUT2D eigenvalue weighted by Crippen LogP contribution is -2.35. The average Bonchev–Trinajstić information content (AvgIpc) is 2.63. The number of benzene rings is 2. The van der Waals surface area contributed by atoms with Gasteiger partial charge in [-0.05, 0) is 54.2 Å². The first-order valence-corrected chi connectivity index (χ1v) is 7.22. The monoisotopic (exact) mass is 269 g/mol. The zero-order valence-electron chi connectivity index (χ0n) is 10.9. The predicted molar refractivity (Wildman–Crippen MR) is 78.5 cm³/mol. The van der Waals surface area contributed by atoms with Crippen molar-refractivity contribution < 1.29 is 0 Å². The Morgan fingerprint density at radius 2 is 2.00 bits per heavy atom. The fourth-order valence-electron chi connectivity index (χ4n) is 3.74. The fourth-order valence-corrected chi connectivity index (χ4v) is 3.91. The molecule has 2 bridgehead atoms. The maximum absolute atomic E-state index is 6.23. The number of hydrogen-bond acceptors (Lipinski definition) is 1. The van der Waals surface area contributed by atoms with E-state index in [0.29, 0.717) is 6.04 Å². The first-order valence-electron chi connectivity index (χ1n) is 6.84. The van der Waals surface area contributed by atoms with E-state index in [4.69, 9.17) is 11.6 Å². The Morgan fingerprint density at radius 3 is 2.89 bits per heavy atom. The molecule has 0 radical (unpaired) electrons. The largest absolute Gasteiger partial charge is 0.297 e. The van der Waals surface area contributed by atoms with E-state index in [1.165, 1.54) is 22.3 Å². The van der Waals surface area contributed by atoms with Gasteiger partial charge in [-0.15, -0.1) is 0 Å². The van der Waals surface area contributed by atoms with E-state index in [0.717, 1.165) is 17.9 Å². The molecule has 2 aromatic carbocycles. The Hall–Kier alpha value is -1.31. The van der Waals surface area contributed by atoms with Crippen molar-refractivity contribution in [3.63, 3.8) is 0 Å². The molecule has 2 heterocycles. The Balaban J connectivity index is 2.02. The molecule has 0 aromatic heterocycles. The summed E-state index contributed by atoms with van der Waals surface area (Å²) in [6.45, 7) is 2.28. The summed E-state index contributed by atoms with van der Waals surface area (Å²) in [6.07, 6.45) is 2.27. The molecule has 2 aliphatic rings. The van der Waals surface area contributed by atoms with Gasteiger partial charge in [0, 0.05) is 11.1 Å². The minimum Gasteiger partial charge on any atom is -0.297 e. The summed E-state index contributed by atoms with van der Waals surface area (Å²) in [5.74, 6) is 0. The Bertz CT molecular complexity index is 664. The van der Waals surface area contributed by atoms with Gasteiger partial charge in [0.25, 0.3) is 0 Å². The van der Waals surface area contributed by atoms with Gasteiger partial charge in [-0.3, -0.25) is 5.32 Å². The van der Waals surface area contributed by atoms with Crippen molar-refractivity contribution in [3.05, 3.63) is 69.7 Å². The van der Waals surface area contributed by atoms with Crippen LogP contribution in [-0.2, 0) is 12.0 Å². The Morgan fingerprint density at radius 1 is 1.16 bits per heavy atom. The summed E-state index contributed by atoms with van der Waals surface area (Å²) in [4.78, 5) is 0. The molecular formula is C17H16ClN. The zero-order chi connectivity index (χ0) is 13.0. The molecule has 0 saturated carbocycles. The lowest BCUT2D eigenvalue weighted by molar-refractivity contribution is 0.423. The van der Waals surface area contributed by atoms with Crippen LogP contribution in [0.4, 0.5) is 0 Å². The minimum atomic E-state index is -0.0992. The van der Waals surface area contributed by atoms with Crippen molar-refractivity contribution in [1.29, 1.82) is 0 Å². The van der Waals surface area contributed by atoms with E-state index < -0.39 is 0 Å². The number of nitrogens with one attached hydrogen (secondary N) is 1. The second kappa shape index (κ2) is 3.84. The standard InChI is InChI=1S/C17H16ClN/c1-17-14-5-3-2-4-13(14)16(19-17)9-7-11-6-8-12(18)10-15(11)17/h2-6,8,10,16,19H,7,9H2,1H3/t16-,17-/m0/s1. The SMILES string of the molecule is C[C@@]12N[C@@H](CCc3ccc(Cl)cc31)c1ccccc12. The van der Waals surface area contributed by atoms with Gasteiger partial charge in [0.2, 0.25) is 0 Å². The van der Waals surface area contributed by atoms with Gasteiger partial charge in [-0.25, -0.2) is 0 Å². The molecular weight excluding hydrogens is 254 g/mol. The van der Waals surface area contributed by atoms with Gasteiger partial charge in [-0.2, -0.15) is 0 Å². The van der Waals surface area contributed by atoms with Crippen molar-refractivity contribution in [2.24, 2.45) is 0 Å². The molecule has 0 fully saturated rings. The predicted octanol–water partition coefficient (Wildman–Crippen LogP) is 4.19. The van der Waals surface area contributed by atoms with Crippen molar-refractivity contribution >= 4 is 11.6 Å². The second-order valence-corrected chi connectivity index (χ2v) is 6.19. The van der Waals surface area contributed by atoms with Crippen molar-refractivity contribution in [2.45, 2.75) is 31.3 Å². The van der Waals surface area contributed by atoms with Gasteiger partial charge in [0.15, 0.2) is 0 Å². The second-order valence-electron chi connectivity index (χ2n) is 5.75. The first-order chi connectivity index (χ1) is 9.18. The summed E-state index contributed by atoms with van der Waals surface area (Å²) >= 11 is 6.23. The number of hydrogen-bond donors (Lipinski definition) is 1. The molecule has 96 valence electrons. The number of rotatable bonds is 0. The van der Waals surface area contributed by atoms with E-state index in [2.05, 4.69) is 48.6 Å². The molecule has 0 saturated heterocycles. The summed E-state index contributed by atoms with van der Waals surface area (Å²) in [6, 6.07) is 15.6. The van der Waals surface area contributed by atoms with Crippen LogP contribution in [0.1, 0.15) is 41.6 Å². The van der Waals surface area contributed by atoms with Gasteiger partial charge < -0.3 is 0 Å². The molecule has 2 heteroatoms. The van der Waals surface area contributed by atoms with Crippen molar-refractivity contribution in [2.75, 3.05) is 0 Å². The van der Waals surface area contributed by atoms with Crippen molar-refractivity contribution in [3.8, 4) is 0 Å². The lowest BCUT2D eigenvalue weighted by Gasteiger charge is -2.28. The lowest BCUT2D eigenvalue weighted by atomic mass is 9.80. The van der Waals surface area contributed by atoms with Gasteiger partial charge in [0.05, 0.1) is 5.54 Å². The number of aryl methyl sites for hydroxylation is 1. The third-order valence-corrected chi connectivity index (χ3v) is 4.89. The smallest absolute Gasteiger partial charge is 0.0673 e. The number of fused-ring (bicyclic) bond motifs is 7. The highest BCUT2D eigenvalue weighted by molar-refractivity contribution is 6.30. The molecule has 0 unspecified atom stereocenters. The van der Waals surface area contributed by atoms with Crippen LogP contribution in [0.3, 0.4) is 0 Å². The van der Waals surface area contributed by atoms with Crippen LogP contribution in [0.25, 0.3) is 0 Å². The summed E-state index contributed by atoms with van der Waals surface area (Å²) in [5.41, 5.74) is 5.53. The van der Waals surface area contributed by atoms with Crippen molar-refractivity contribution in [1.82, 2.24) is 5.32 Å². The van der Waals surface area contributed by atoms with Crippen LogP contribution in [-0.4, -0.2) is 0 Å². The summed E-state index contributed by atoms with van der Waals surface area (Å²) in [7, 11) is 0. The molecule has 1 N–H and O–H groups in total. The highest BCUT2D eigenvalue weighted by Gasteiger charge is 2.43. The van der Waals surface area contributed by atoms with Crippen LogP contribution in [0, 0.1) is 0 Å². The third kappa shape index (κ3) is 1.52. The first kappa shape index (κ1) is 11.5. The molecule has 2 atom stereocenters. The molecule has 19 heavy (non-hydrogen) atoms. The van der Waals surface area contributed by atoms with E-state index in [-0.39, 0.29) is 5.54 Å². The zero-order valence-corrected chi connectivity index (χ0v) is 11.7. The molecule has 2 aliphatic heterocycles. The third-order valence-electron chi connectivity index (χ3n) is 4.65. The highest BCUT2D eigenvalue weighted by Crippen LogP contribution is 2.47. The van der Waals surface area contributed by atoms with Crippen LogP contribution in [0.2, 0.25) is 5.02 Å². The molecule has 0 spiro atoms. The van der Waals surface area contributed by atoms with Gasteiger partial charge in [0.1, 0.15) is 0 Å². The number of halogens is 1. The highest BCUT2D eigenvalue weighted by atomic mass is 35.5. The molecule has 0 aliphatic carbocycles. The summed E-state index contributed by atoms with van der Waals surface area (Å²) in [5, 5.41) is 4.64. The van der Waals surface area contributed by atoms with E-state index in [1.807, 2.05) is 6.07 Å². The van der Waals surface area contributed by atoms with E-state index >= 15 is 0 Å². The topological polar surface area (TPSA) is 12.0 Å². The van der Waals surface area contributed by atoms with Crippen LogP contribution in [0.5, 0.6) is 0 Å². The molecule has 1 nitrogen and oxygen atoms in total. The van der Waals surface area contributed by atoms with Crippen LogP contribution < -0.4 is 5.32 Å². The quantitative estimate of drug-likeness (QED) is 0.756. The van der Waals surface area contributed by atoms with Gasteiger partial charge >= 0.3 is 0 Å². The Kier molecular flexibility index (Phi) is 2.33. The van der Waals surface area contributed by atoms with Crippen LogP contribution >= 0.6 is 11.6 Å². The normalized spacial score (nSPS) is 27.6. The fraction of sp³-hybridized carbons (Fsp3) is 0.294. The molecule has 4 rings (SSSR count). The van der Waals surface area contributed by atoms with Crippen LogP contribution in [0.15, 0.2) is 42.5 Å². The minimum absolute atomic E-state index is 0.0992. The maximum Gasteiger partial charge on any atom is 0.0673 e.